The zero-order chi connectivity index (χ0) is 21.6. The van der Waals surface area contributed by atoms with Gasteiger partial charge in [0.1, 0.15) is 11.4 Å². The predicted molar refractivity (Wildman–Crippen MR) is 123 cm³/mol. The summed E-state index contributed by atoms with van der Waals surface area (Å²) in [5.74, 6) is -0.0521. The Bertz CT molecular complexity index is 917. The summed E-state index contributed by atoms with van der Waals surface area (Å²) < 4.78 is 5.32. The second-order valence-corrected chi connectivity index (χ2v) is 8.93. The molecule has 1 aliphatic rings. The van der Waals surface area contributed by atoms with E-state index in [2.05, 4.69) is 18.2 Å². The molecular formula is C27H32O3. The molecule has 158 valence electrons. The lowest BCUT2D eigenvalue weighted by Gasteiger charge is -2.18. The molecule has 0 heterocycles. The molecule has 0 amide bonds. The number of aromatic hydroxyl groups is 1. The predicted octanol–water partition coefficient (Wildman–Crippen LogP) is 6.90. The lowest BCUT2D eigenvalue weighted by Crippen LogP contribution is -2.22. The Hall–Kier alpha value is -2.81. The van der Waals surface area contributed by atoms with Gasteiger partial charge in [-0.2, -0.15) is 0 Å². The van der Waals surface area contributed by atoms with Gasteiger partial charge in [-0.3, -0.25) is 0 Å². The maximum Gasteiger partial charge on any atom is 0.331 e. The van der Waals surface area contributed by atoms with Crippen molar-refractivity contribution >= 4 is 17.6 Å². The Morgan fingerprint density at radius 2 is 1.60 bits per heavy atom. The molecule has 2 aromatic rings. The second-order valence-electron chi connectivity index (χ2n) is 8.93. The van der Waals surface area contributed by atoms with Gasteiger partial charge in [0.05, 0.1) is 0 Å². The highest BCUT2D eigenvalue weighted by molar-refractivity contribution is 5.88. The fourth-order valence-electron chi connectivity index (χ4n) is 3.90. The number of allylic oxidation sites excluding steroid dienone is 1. The SMILES string of the molecule is CC(C)(C)OC(=O)C=Cc1ccc(C(=C2CCCCCC2)c2cccc(O)c2)cc1. The molecule has 0 aromatic heterocycles. The molecule has 1 saturated carbocycles. The van der Waals surface area contributed by atoms with Gasteiger partial charge in [0.15, 0.2) is 0 Å². The van der Waals surface area contributed by atoms with Gasteiger partial charge >= 0.3 is 5.97 Å². The Morgan fingerprint density at radius 1 is 0.933 bits per heavy atom. The summed E-state index contributed by atoms with van der Waals surface area (Å²) in [4.78, 5) is 11.9. The van der Waals surface area contributed by atoms with Gasteiger partial charge in [-0.1, -0.05) is 54.8 Å². The molecule has 0 saturated heterocycles. The summed E-state index contributed by atoms with van der Waals surface area (Å²) in [5, 5.41) is 10.0. The van der Waals surface area contributed by atoms with E-state index in [1.807, 2.05) is 45.0 Å². The number of hydrogen-bond acceptors (Lipinski definition) is 3. The van der Waals surface area contributed by atoms with Gasteiger partial charge in [-0.05, 0) is 86.9 Å². The third-order valence-corrected chi connectivity index (χ3v) is 5.21. The molecule has 0 atom stereocenters. The smallest absolute Gasteiger partial charge is 0.331 e. The number of phenols is 1. The topological polar surface area (TPSA) is 46.5 Å². The first-order chi connectivity index (χ1) is 14.3. The fourth-order valence-corrected chi connectivity index (χ4v) is 3.90. The summed E-state index contributed by atoms with van der Waals surface area (Å²) in [7, 11) is 0. The molecule has 3 nitrogen and oxygen atoms in total. The summed E-state index contributed by atoms with van der Waals surface area (Å²) in [5.41, 5.74) is 5.36. The van der Waals surface area contributed by atoms with Gasteiger partial charge in [0, 0.05) is 6.08 Å². The summed E-state index contributed by atoms with van der Waals surface area (Å²) >= 11 is 0. The van der Waals surface area contributed by atoms with Crippen molar-refractivity contribution in [1.29, 1.82) is 0 Å². The van der Waals surface area contributed by atoms with Crippen molar-refractivity contribution in [2.45, 2.75) is 64.9 Å². The highest BCUT2D eigenvalue weighted by Gasteiger charge is 2.15. The number of hydrogen-bond donors (Lipinski definition) is 1. The van der Waals surface area contributed by atoms with Crippen molar-refractivity contribution in [2.24, 2.45) is 0 Å². The molecule has 2 aromatic carbocycles. The van der Waals surface area contributed by atoms with Gasteiger partial charge in [-0.25, -0.2) is 4.79 Å². The Morgan fingerprint density at radius 3 is 2.20 bits per heavy atom. The van der Waals surface area contributed by atoms with Crippen molar-refractivity contribution in [3.05, 3.63) is 76.9 Å². The minimum Gasteiger partial charge on any atom is -0.508 e. The summed E-state index contributed by atoms with van der Waals surface area (Å²) in [6.07, 6.45) is 10.5. The van der Waals surface area contributed by atoms with Crippen LogP contribution in [0.5, 0.6) is 5.75 Å². The van der Waals surface area contributed by atoms with Crippen LogP contribution in [0.4, 0.5) is 0 Å². The van der Waals surface area contributed by atoms with Gasteiger partial charge in [-0.15, -0.1) is 0 Å². The van der Waals surface area contributed by atoms with E-state index < -0.39 is 5.60 Å². The molecule has 3 heteroatoms. The van der Waals surface area contributed by atoms with Crippen LogP contribution < -0.4 is 0 Å². The van der Waals surface area contributed by atoms with Crippen molar-refractivity contribution in [3.63, 3.8) is 0 Å². The Balaban J connectivity index is 1.89. The first kappa shape index (κ1) is 21.9. The second kappa shape index (κ2) is 9.80. The molecule has 1 fully saturated rings. The van der Waals surface area contributed by atoms with Gasteiger partial charge in [0.25, 0.3) is 0 Å². The highest BCUT2D eigenvalue weighted by Crippen LogP contribution is 2.35. The van der Waals surface area contributed by atoms with Crippen molar-refractivity contribution in [2.75, 3.05) is 0 Å². The number of carbonyl (C=O) groups is 1. The van der Waals surface area contributed by atoms with Crippen LogP contribution >= 0.6 is 0 Å². The zero-order valence-electron chi connectivity index (χ0n) is 18.3. The van der Waals surface area contributed by atoms with E-state index in [0.29, 0.717) is 0 Å². The van der Waals surface area contributed by atoms with E-state index in [1.54, 1.807) is 12.1 Å². The summed E-state index contributed by atoms with van der Waals surface area (Å²) in [6.45, 7) is 5.58. The lowest BCUT2D eigenvalue weighted by molar-refractivity contribution is -0.148. The number of phenolic OH excluding ortho intramolecular Hbond substituents is 1. The van der Waals surface area contributed by atoms with Crippen LogP contribution in [0.1, 0.15) is 76.0 Å². The maximum atomic E-state index is 11.9. The number of ether oxygens (including phenoxy) is 1. The van der Waals surface area contributed by atoms with Gasteiger partial charge < -0.3 is 9.84 Å². The van der Waals surface area contributed by atoms with Crippen LogP contribution in [0, 0.1) is 0 Å². The largest absolute Gasteiger partial charge is 0.508 e. The number of carbonyl (C=O) groups excluding carboxylic acids is 1. The molecule has 1 N–H and O–H groups in total. The molecule has 0 aliphatic heterocycles. The minimum absolute atomic E-state index is 0.288. The van der Waals surface area contributed by atoms with E-state index >= 15 is 0 Å². The van der Waals surface area contributed by atoms with E-state index in [1.165, 1.54) is 42.9 Å². The third-order valence-electron chi connectivity index (χ3n) is 5.21. The summed E-state index contributed by atoms with van der Waals surface area (Å²) in [6, 6.07) is 15.8. The lowest BCUT2D eigenvalue weighted by atomic mass is 9.89. The number of esters is 1. The normalized spacial score (nSPS) is 15.1. The van der Waals surface area contributed by atoms with Crippen LogP contribution in [0.2, 0.25) is 0 Å². The molecular weight excluding hydrogens is 372 g/mol. The Labute approximate surface area is 180 Å². The van der Waals surface area contributed by atoms with Crippen LogP contribution in [-0.4, -0.2) is 16.7 Å². The average Bonchev–Trinajstić information content (AvgIpc) is 2.96. The van der Waals surface area contributed by atoms with E-state index in [9.17, 15) is 9.90 Å². The quantitative estimate of drug-likeness (QED) is 0.342. The highest BCUT2D eigenvalue weighted by atomic mass is 16.6. The van der Waals surface area contributed by atoms with Crippen LogP contribution in [-0.2, 0) is 9.53 Å². The molecule has 0 unspecified atom stereocenters. The fraction of sp³-hybridized carbons (Fsp3) is 0.370. The molecule has 3 rings (SSSR count). The molecule has 30 heavy (non-hydrogen) atoms. The standard InChI is InChI=1S/C27H32O3/c1-27(2,3)30-25(29)18-15-20-13-16-22(17-14-20)26(21-9-6-4-5-7-10-21)23-11-8-12-24(28)19-23/h8,11-19,28H,4-7,9-10H2,1-3H3. The first-order valence-electron chi connectivity index (χ1n) is 10.8. The van der Waals surface area contributed by atoms with Crippen LogP contribution in [0.15, 0.2) is 60.2 Å². The minimum atomic E-state index is -0.494. The van der Waals surface area contributed by atoms with E-state index in [0.717, 1.165) is 29.5 Å². The molecule has 0 bridgehead atoms. The monoisotopic (exact) mass is 404 g/mol. The molecule has 0 spiro atoms. The Kier molecular flexibility index (Phi) is 7.15. The first-order valence-corrected chi connectivity index (χ1v) is 10.8. The van der Waals surface area contributed by atoms with E-state index in [4.69, 9.17) is 4.74 Å². The van der Waals surface area contributed by atoms with Crippen molar-refractivity contribution in [1.82, 2.24) is 0 Å². The van der Waals surface area contributed by atoms with Crippen molar-refractivity contribution < 1.29 is 14.6 Å². The maximum absolute atomic E-state index is 11.9. The average molecular weight is 405 g/mol. The van der Waals surface area contributed by atoms with Crippen LogP contribution in [0.3, 0.4) is 0 Å². The molecule has 0 radical (unpaired) electrons. The number of benzene rings is 2. The molecule has 1 aliphatic carbocycles. The van der Waals surface area contributed by atoms with Crippen LogP contribution in [0.25, 0.3) is 11.6 Å². The zero-order valence-corrected chi connectivity index (χ0v) is 18.3. The van der Waals surface area contributed by atoms with E-state index in [-0.39, 0.29) is 11.7 Å². The van der Waals surface area contributed by atoms with Crippen molar-refractivity contribution in [3.8, 4) is 5.75 Å². The van der Waals surface area contributed by atoms with Gasteiger partial charge in [0.2, 0.25) is 0 Å². The number of rotatable bonds is 4. The third kappa shape index (κ3) is 6.35.